The number of hydrogen-bond acceptors (Lipinski definition) is 5. The van der Waals surface area contributed by atoms with Crippen LogP contribution >= 0.6 is 0 Å². The van der Waals surface area contributed by atoms with E-state index in [4.69, 9.17) is 0 Å². The second-order valence-corrected chi connectivity index (χ2v) is 10.2. The van der Waals surface area contributed by atoms with Crippen molar-refractivity contribution in [3.8, 4) is 0 Å². The van der Waals surface area contributed by atoms with Crippen LogP contribution < -0.4 is 21.3 Å². The van der Waals surface area contributed by atoms with Gasteiger partial charge in [0.1, 0.15) is 12.1 Å². The summed E-state index contributed by atoms with van der Waals surface area (Å²) in [5.74, 6) is -2.15. The van der Waals surface area contributed by atoms with E-state index in [0.29, 0.717) is 18.4 Å². The lowest BCUT2D eigenvalue weighted by Gasteiger charge is -2.26. The Balaban J connectivity index is 1.64. The molecule has 3 amide bonds. The van der Waals surface area contributed by atoms with Crippen LogP contribution in [0.1, 0.15) is 42.6 Å². The normalized spacial score (nSPS) is 13.3. The summed E-state index contributed by atoms with van der Waals surface area (Å²) in [6, 6.07) is 19.7. The topological polar surface area (TPSA) is 137 Å². The van der Waals surface area contributed by atoms with Crippen molar-refractivity contribution in [3.05, 3.63) is 83.9 Å². The Labute approximate surface area is 234 Å². The van der Waals surface area contributed by atoms with Gasteiger partial charge >= 0.3 is 5.97 Å². The van der Waals surface area contributed by atoms with E-state index in [1.54, 1.807) is 12.1 Å². The zero-order valence-electron chi connectivity index (χ0n) is 23.1. The smallest absolute Gasteiger partial charge is 0.320 e. The van der Waals surface area contributed by atoms with E-state index in [9.17, 15) is 24.3 Å². The third-order valence-electron chi connectivity index (χ3n) is 6.62. The molecule has 0 unspecified atom stereocenters. The summed E-state index contributed by atoms with van der Waals surface area (Å²) in [6.07, 6.45) is 0.730. The molecule has 0 saturated carbocycles. The van der Waals surface area contributed by atoms with Gasteiger partial charge in [0.25, 0.3) is 5.91 Å². The minimum absolute atomic E-state index is 0.0689. The lowest BCUT2D eigenvalue weighted by Crippen LogP contribution is -2.56. The number of amides is 3. The number of fused-ring (bicyclic) bond motifs is 1. The van der Waals surface area contributed by atoms with Crippen LogP contribution in [-0.4, -0.2) is 60.5 Å². The van der Waals surface area contributed by atoms with E-state index >= 15 is 0 Å². The number of carboxylic acid groups (broad SMARTS) is 1. The fourth-order valence-electron chi connectivity index (χ4n) is 4.51. The van der Waals surface area contributed by atoms with Crippen LogP contribution in [0, 0.1) is 5.92 Å². The molecule has 0 radical (unpaired) electrons. The van der Waals surface area contributed by atoms with Crippen molar-refractivity contribution in [2.24, 2.45) is 5.92 Å². The Morgan fingerprint density at radius 3 is 2.12 bits per heavy atom. The molecule has 0 aliphatic rings. The molecule has 3 rings (SSSR count). The first-order chi connectivity index (χ1) is 19.2. The molecule has 3 aromatic rings. The van der Waals surface area contributed by atoms with E-state index in [1.165, 1.54) is 7.05 Å². The average Bonchev–Trinajstić information content (AvgIpc) is 2.95. The van der Waals surface area contributed by atoms with Crippen molar-refractivity contribution in [2.75, 3.05) is 13.6 Å². The Morgan fingerprint density at radius 1 is 0.800 bits per heavy atom. The lowest BCUT2D eigenvalue weighted by molar-refractivity contribution is -0.140. The van der Waals surface area contributed by atoms with Gasteiger partial charge in [-0.05, 0) is 47.2 Å². The quantitative estimate of drug-likeness (QED) is 0.211. The lowest BCUT2D eigenvalue weighted by atomic mass is 10.00. The minimum Gasteiger partial charge on any atom is -0.480 e. The molecule has 3 aromatic carbocycles. The van der Waals surface area contributed by atoms with E-state index in [0.717, 1.165) is 16.3 Å². The zero-order chi connectivity index (χ0) is 29.1. The second kappa shape index (κ2) is 14.8. The highest BCUT2D eigenvalue weighted by Crippen LogP contribution is 2.16. The first-order valence-corrected chi connectivity index (χ1v) is 13.5. The number of rotatable bonds is 14. The molecule has 0 saturated heterocycles. The molecule has 3 atom stereocenters. The van der Waals surface area contributed by atoms with E-state index < -0.39 is 30.0 Å². The molecular weight excluding hydrogens is 508 g/mol. The zero-order valence-corrected chi connectivity index (χ0v) is 23.1. The highest BCUT2D eigenvalue weighted by atomic mass is 16.4. The van der Waals surface area contributed by atoms with Gasteiger partial charge < -0.3 is 21.1 Å². The minimum atomic E-state index is -1.13. The molecule has 0 bridgehead atoms. The van der Waals surface area contributed by atoms with Gasteiger partial charge in [-0.25, -0.2) is 0 Å². The van der Waals surface area contributed by atoms with Crippen molar-refractivity contribution in [1.29, 1.82) is 0 Å². The summed E-state index contributed by atoms with van der Waals surface area (Å²) in [4.78, 5) is 50.6. The maximum atomic E-state index is 13.3. The Morgan fingerprint density at radius 2 is 1.48 bits per heavy atom. The van der Waals surface area contributed by atoms with E-state index in [2.05, 4.69) is 21.3 Å². The number of aliphatic carboxylic acids is 1. The van der Waals surface area contributed by atoms with Crippen molar-refractivity contribution in [2.45, 2.75) is 51.2 Å². The van der Waals surface area contributed by atoms with Crippen LogP contribution in [0.15, 0.2) is 72.8 Å². The van der Waals surface area contributed by atoms with Gasteiger partial charge in [0, 0.05) is 25.6 Å². The molecule has 40 heavy (non-hydrogen) atoms. The number of nitrogens with one attached hydrogen (secondary N) is 4. The average molecular weight is 547 g/mol. The van der Waals surface area contributed by atoms with E-state index in [-0.39, 0.29) is 30.7 Å². The monoisotopic (exact) mass is 546 g/mol. The SMILES string of the molecule is CNC(=O)[C@H](Cc1ccccc1)NC(=O)[C@H](CC(C)C)N[C@H](CCNC(=O)c1ccc2ccccc2c1)C(=O)O. The maximum absolute atomic E-state index is 13.3. The third kappa shape index (κ3) is 8.91. The summed E-state index contributed by atoms with van der Waals surface area (Å²) in [6.45, 7) is 3.96. The van der Waals surface area contributed by atoms with Crippen molar-refractivity contribution < 1.29 is 24.3 Å². The highest BCUT2D eigenvalue weighted by Gasteiger charge is 2.30. The standard InChI is InChI=1S/C31H38N4O5/c1-20(2)17-26(30(38)35-27(29(37)32-3)18-21-9-5-4-6-10-21)34-25(31(39)40)15-16-33-28(36)24-14-13-22-11-7-8-12-23(22)19-24/h4-14,19-20,25-27,34H,15-18H2,1-3H3,(H,32,37)(H,33,36)(H,35,38)(H,39,40)/t25-,26+,27+/m1/s1. The number of carboxylic acids is 1. The number of benzene rings is 3. The number of hydrogen-bond donors (Lipinski definition) is 5. The third-order valence-corrected chi connectivity index (χ3v) is 6.62. The van der Waals surface area contributed by atoms with Crippen LogP contribution in [-0.2, 0) is 20.8 Å². The maximum Gasteiger partial charge on any atom is 0.320 e. The van der Waals surface area contributed by atoms with E-state index in [1.807, 2.05) is 74.5 Å². The molecule has 212 valence electrons. The predicted molar refractivity (Wildman–Crippen MR) is 155 cm³/mol. The first-order valence-electron chi connectivity index (χ1n) is 13.5. The van der Waals surface area contributed by atoms with Gasteiger partial charge in [-0.3, -0.25) is 24.5 Å². The molecule has 0 fully saturated rings. The van der Waals surface area contributed by atoms with Crippen molar-refractivity contribution in [1.82, 2.24) is 21.3 Å². The number of carbonyl (C=O) groups excluding carboxylic acids is 3. The van der Waals surface area contributed by atoms with Crippen molar-refractivity contribution in [3.63, 3.8) is 0 Å². The van der Waals surface area contributed by atoms with Gasteiger partial charge in [0.15, 0.2) is 0 Å². The molecular formula is C31H38N4O5. The molecule has 9 heteroatoms. The van der Waals surface area contributed by atoms with Gasteiger partial charge in [-0.1, -0.05) is 74.5 Å². The molecule has 0 aromatic heterocycles. The van der Waals surface area contributed by atoms with Gasteiger partial charge in [0.2, 0.25) is 11.8 Å². The second-order valence-electron chi connectivity index (χ2n) is 10.2. The number of likely N-dealkylation sites (N-methyl/N-ethyl adjacent to an activating group) is 1. The molecule has 5 N–H and O–H groups in total. The highest BCUT2D eigenvalue weighted by molar-refractivity contribution is 5.98. The fourth-order valence-corrected chi connectivity index (χ4v) is 4.51. The first kappa shape index (κ1) is 30.3. The fraction of sp³-hybridized carbons (Fsp3) is 0.355. The van der Waals surface area contributed by atoms with Gasteiger partial charge in [-0.2, -0.15) is 0 Å². The molecule has 0 spiro atoms. The van der Waals surface area contributed by atoms with Crippen molar-refractivity contribution >= 4 is 34.5 Å². The molecule has 0 heterocycles. The predicted octanol–water partition coefficient (Wildman–Crippen LogP) is 2.89. The largest absolute Gasteiger partial charge is 0.480 e. The summed E-state index contributed by atoms with van der Waals surface area (Å²) >= 11 is 0. The Bertz CT molecular complexity index is 1310. The Hall–Kier alpha value is -4.24. The van der Waals surface area contributed by atoms with Crippen LogP contribution in [0.2, 0.25) is 0 Å². The van der Waals surface area contributed by atoms with Crippen LogP contribution in [0.3, 0.4) is 0 Å². The summed E-state index contributed by atoms with van der Waals surface area (Å²) in [5.41, 5.74) is 1.37. The Kier molecular flexibility index (Phi) is 11.2. The molecule has 0 aliphatic heterocycles. The van der Waals surface area contributed by atoms with Crippen LogP contribution in [0.4, 0.5) is 0 Å². The van der Waals surface area contributed by atoms with Crippen LogP contribution in [0.25, 0.3) is 10.8 Å². The molecule has 9 nitrogen and oxygen atoms in total. The number of carbonyl (C=O) groups is 4. The summed E-state index contributed by atoms with van der Waals surface area (Å²) < 4.78 is 0. The summed E-state index contributed by atoms with van der Waals surface area (Å²) in [5, 5.41) is 22.9. The van der Waals surface area contributed by atoms with Gasteiger partial charge in [-0.15, -0.1) is 0 Å². The van der Waals surface area contributed by atoms with Crippen LogP contribution in [0.5, 0.6) is 0 Å². The summed E-state index contributed by atoms with van der Waals surface area (Å²) in [7, 11) is 1.50. The van der Waals surface area contributed by atoms with Gasteiger partial charge in [0.05, 0.1) is 6.04 Å². The molecule has 0 aliphatic carbocycles.